The van der Waals surface area contributed by atoms with Crippen molar-refractivity contribution in [2.45, 2.75) is 107 Å². The van der Waals surface area contributed by atoms with Crippen LogP contribution in [-0.2, 0) is 11.8 Å². The maximum absolute atomic E-state index is 11.0. The molecule has 0 spiro atoms. The number of imidazole rings is 1. The third-order valence-electron chi connectivity index (χ3n) is 11.6. The Morgan fingerprint density at radius 2 is 1.98 bits per heavy atom. The van der Waals surface area contributed by atoms with E-state index in [1.165, 1.54) is 44.1 Å². The van der Waals surface area contributed by atoms with Gasteiger partial charge in [-0.15, -0.1) is 0 Å². The van der Waals surface area contributed by atoms with Crippen molar-refractivity contribution in [3.63, 3.8) is 0 Å². The quantitative estimate of drug-likeness (QED) is 0.294. The predicted molar refractivity (Wildman–Crippen MR) is 156 cm³/mol. The molecule has 0 bridgehead atoms. The maximum atomic E-state index is 11.0. The number of fused-ring (bicyclic) bond motifs is 2. The number of nitrogens with one attached hydrogen (secondary N) is 3. The highest BCUT2D eigenvalue weighted by Gasteiger charge is 2.50. The Bertz CT molecular complexity index is 1190. The van der Waals surface area contributed by atoms with Crippen LogP contribution in [0.5, 0.6) is 0 Å². The topological polar surface area (TPSA) is 126 Å². The zero-order valence-electron chi connectivity index (χ0n) is 24.2. The largest absolute Gasteiger partial charge is 0.390 e. The normalized spacial score (nSPS) is 39.4. The Kier molecular flexibility index (Phi) is 7.22. The van der Waals surface area contributed by atoms with Crippen molar-refractivity contribution in [2.24, 2.45) is 23.5 Å². The van der Waals surface area contributed by atoms with E-state index in [9.17, 15) is 10.2 Å². The number of aromatic nitrogens is 2. The van der Waals surface area contributed by atoms with Gasteiger partial charge >= 0.3 is 0 Å². The van der Waals surface area contributed by atoms with E-state index in [0.29, 0.717) is 24.0 Å². The Labute approximate surface area is 238 Å². The van der Waals surface area contributed by atoms with Crippen molar-refractivity contribution in [3.8, 4) is 0 Å². The molecule has 5 aliphatic rings. The van der Waals surface area contributed by atoms with E-state index in [1.807, 2.05) is 0 Å². The van der Waals surface area contributed by atoms with Gasteiger partial charge < -0.3 is 25.8 Å². The van der Waals surface area contributed by atoms with Crippen LogP contribution in [0.3, 0.4) is 0 Å². The Hall–Kier alpha value is -1.59. The van der Waals surface area contributed by atoms with Gasteiger partial charge in [-0.1, -0.05) is 19.4 Å². The van der Waals surface area contributed by atoms with Crippen molar-refractivity contribution in [3.05, 3.63) is 29.6 Å². The highest BCUT2D eigenvalue weighted by atomic mass is 16.3. The summed E-state index contributed by atoms with van der Waals surface area (Å²) in [5.41, 5.74) is 10.4. The van der Waals surface area contributed by atoms with Gasteiger partial charge in [0.05, 0.1) is 35.6 Å². The SMILES string of the molecule is CN(C[C@H]1C[C@@H](N2CCC3C(N)NCNC32)[C@H](O)[C@@H]1O)C1CC(CCc2nc3cc(C4(C)CCC4)ccc3[nH]2)C1. The van der Waals surface area contributed by atoms with Crippen LogP contribution in [0.15, 0.2) is 18.2 Å². The molecule has 3 saturated carbocycles. The van der Waals surface area contributed by atoms with Gasteiger partial charge in [-0.25, -0.2) is 4.98 Å². The van der Waals surface area contributed by atoms with E-state index in [2.05, 4.69) is 57.6 Å². The monoisotopic (exact) mass is 551 g/mol. The van der Waals surface area contributed by atoms with Crippen LogP contribution in [0, 0.1) is 17.8 Å². The number of aryl methyl sites for hydroxylation is 1. The van der Waals surface area contributed by atoms with Gasteiger partial charge in [-0.05, 0) is 81.0 Å². The lowest BCUT2D eigenvalue weighted by Gasteiger charge is -2.42. The molecule has 7 rings (SSSR count). The zero-order valence-corrected chi connectivity index (χ0v) is 24.2. The molecular weight excluding hydrogens is 502 g/mol. The Morgan fingerprint density at radius 1 is 1.15 bits per heavy atom. The average Bonchev–Trinajstić information content (AvgIpc) is 3.58. The fraction of sp³-hybridized carbons (Fsp3) is 0.774. The standard InChI is InChI=1S/C31H49N7O2/c1-31(9-3-10-31)20-5-6-23-24(15-20)36-26(35-23)7-4-18-12-21(13-18)37(2)16-19-14-25(28(40)27(19)39)38-11-8-22-29(32)33-17-34-30(22)38/h5-6,15,18-19,21-22,25,27-30,33-34,39-40H,3-4,7-14,16-17,32H2,1-2H3,(H,35,36)/t18?,19-,21?,22?,25-,27-,28+,29?,30?/m1/s1. The molecule has 2 aromatic rings. The average molecular weight is 552 g/mol. The van der Waals surface area contributed by atoms with Crippen molar-refractivity contribution in [2.75, 3.05) is 26.8 Å². The highest BCUT2D eigenvalue weighted by molar-refractivity contribution is 5.76. The molecule has 0 radical (unpaired) electrons. The molecule has 3 aliphatic carbocycles. The lowest BCUT2D eigenvalue weighted by molar-refractivity contribution is -0.0279. The van der Waals surface area contributed by atoms with Gasteiger partial charge in [0.1, 0.15) is 5.82 Å². The molecule has 2 aliphatic heterocycles. The molecule has 0 amide bonds. The molecule has 3 heterocycles. The summed E-state index contributed by atoms with van der Waals surface area (Å²) in [6.07, 6.45) is 9.18. The van der Waals surface area contributed by atoms with Crippen LogP contribution in [0.4, 0.5) is 0 Å². The molecular formula is C31H49N7O2. The minimum Gasteiger partial charge on any atom is -0.390 e. The molecule has 40 heavy (non-hydrogen) atoms. The third-order valence-corrected chi connectivity index (χ3v) is 11.6. The maximum Gasteiger partial charge on any atom is 0.107 e. The van der Waals surface area contributed by atoms with Crippen LogP contribution >= 0.6 is 0 Å². The molecule has 1 aromatic carbocycles. The molecule has 5 fully saturated rings. The molecule has 9 heteroatoms. The number of hydrogen-bond donors (Lipinski definition) is 6. The van der Waals surface area contributed by atoms with E-state index in [-0.39, 0.29) is 24.3 Å². The first-order valence-electron chi connectivity index (χ1n) is 15.8. The first-order valence-corrected chi connectivity index (χ1v) is 15.8. The highest BCUT2D eigenvalue weighted by Crippen LogP contribution is 2.44. The van der Waals surface area contributed by atoms with Gasteiger partial charge in [0.2, 0.25) is 0 Å². The minimum atomic E-state index is -0.698. The van der Waals surface area contributed by atoms with Gasteiger partial charge in [0.25, 0.3) is 0 Å². The van der Waals surface area contributed by atoms with Crippen molar-refractivity contribution in [1.29, 1.82) is 0 Å². The first kappa shape index (κ1) is 27.3. The molecule has 9 nitrogen and oxygen atoms in total. The number of aliphatic hydroxyl groups excluding tert-OH is 2. The number of benzene rings is 1. The number of aromatic amines is 1. The summed E-state index contributed by atoms with van der Waals surface area (Å²) < 4.78 is 0. The van der Waals surface area contributed by atoms with E-state index >= 15 is 0 Å². The van der Waals surface area contributed by atoms with E-state index in [4.69, 9.17) is 10.7 Å². The van der Waals surface area contributed by atoms with Gasteiger partial charge in [0, 0.05) is 50.1 Å². The number of H-pyrrole nitrogens is 1. The summed E-state index contributed by atoms with van der Waals surface area (Å²) in [6.45, 7) is 4.84. The molecule has 220 valence electrons. The first-order chi connectivity index (χ1) is 19.3. The van der Waals surface area contributed by atoms with Crippen LogP contribution < -0.4 is 16.4 Å². The lowest BCUT2D eigenvalue weighted by atomic mass is 9.66. The second-order valence-corrected chi connectivity index (χ2v) is 14.1. The number of rotatable bonds is 8. The Balaban J connectivity index is 0.885. The Morgan fingerprint density at radius 3 is 2.75 bits per heavy atom. The van der Waals surface area contributed by atoms with Crippen LogP contribution in [0.1, 0.15) is 69.7 Å². The molecule has 3 unspecified atom stereocenters. The fourth-order valence-electron chi connectivity index (χ4n) is 8.60. The number of aliphatic hydroxyl groups is 2. The van der Waals surface area contributed by atoms with Crippen LogP contribution in [0.2, 0.25) is 0 Å². The molecule has 1 aromatic heterocycles. The summed E-state index contributed by atoms with van der Waals surface area (Å²) in [7, 11) is 2.20. The third kappa shape index (κ3) is 4.81. The second-order valence-electron chi connectivity index (χ2n) is 14.1. The lowest BCUT2D eigenvalue weighted by Crippen LogP contribution is -2.64. The molecule has 2 saturated heterocycles. The second kappa shape index (κ2) is 10.6. The fourth-order valence-corrected chi connectivity index (χ4v) is 8.60. The summed E-state index contributed by atoms with van der Waals surface area (Å²) in [5, 5.41) is 28.8. The van der Waals surface area contributed by atoms with E-state index < -0.39 is 12.2 Å². The summed E-state index contributed by atoms with van der Waals surface area (Å²) in [5.74, 6) is 2.29. The van der Waals surface area contributed by atoms with Gasteiger partial charge in [0.15, 0.2) is 0 Å². The predicted octanol–water partition coefficient (Wildman–Crippen LogP) is 1.84. The van der Waals surface area contributed by atoms with Crippen molar-refractivity contribution in [1.82, 2.24) is 30.4 Å². The number of hydrogen-bond acceptors (Lipinski definition) is 8. The zero-order chi connectivity index (χ0) is 27.6. The molecule has 7 atom stereocenters. The van der Waals surface area contributed by atoms with Crippen molar-refractivity contribution >= 4 is 11.0 Å². The van der Waals surface area contributed by atoms with Gasteiger partial charge in [-0.3, -0.25) is 15.5 Å². The van der Waals surface area contributed by atoms with E-state index in [0.717, 1.165) is 55.1 Å². The molecule has 7 N–H and O–H groups in total. The number of nitrogens with two attached hydrogens (primary N) is 1. The van der Waals surface area contributed by atoms with E-state index in [1.54, 1.807) is 0 Å². The number of likely N-dealkylation sites (tertiary alicyclic amines) is 1. The smallest absolute Gasteiger partial charge is 0.107 e. The summed E-state index contributed by atoms with van der Waals surface area (Å²) in [4.78, 5) is 13.3. The summed E-state index contributed by atoms with van der Waals surface area (Å²) >= 11 is 0. The van der Waals surface area contributed by atoms with Crippen molar-refractivity contribution < 1.29 is 10.2 Å². The number of nitrogens with zero attached hydrogens (tertiary/aromatic N) is 3. The van der Waals surface area contributed by atoms with Crippen LogP contribution in [0.25, 0.3) is 11.0 Å². The summed E-state index contributed by atoms with van der Waals surface area (Å²) in [6, 6.07) is 7.38. The minimum absolute atomic E-state index is 0.00606. The van der Waals surface area contributed by atoms with Gasteiger partial charge in [-0.2, -0.15) is 0 Å². The van der Waals surface area contributed by atoms with Crippen LogP contribution in [-0.4, -0.2) is 93.4 Å².